The maximum atomic E-state index is 11.5. The lowest BCUT2D eigenvalue weighted by atomic mass is 10.2. The molecule has 1 unspecified atom stereocenters. The summed E-state index contributed by atoms with van der Waals surface area (Å²) < 4.78 is 21.3. The molecule has 0 aliphatic carbocycles. The van der Waals surface area contributed by atoms with Gasteiger partial charge in [0.05, 0.1) is 6.61 Å². The summed E-state index contributed by atoms with van der Waals surface area (Å²) in [7, 11) is 0.537. The molecule has 1 aromatic rings. The van der Waals surface area contributed by atoms with E-state index < -0.39 is 7.82 Å². The Morgan fingerprint density at radius 3 is 1.96 bits per heavy atom. The van der Waals surface area contributed by atoms with E-state index in [0.717, 1.165) is 25.7 Å². The Hall–Kier alpha value is -0.950. The summed E-state index contributed by atoms with van der Waals surface area (Å²) in [5.41, 5.74) is 13.5. The molecule has 0 heterocycles. The predicted molar refractivity (Wildman–Crippen MR) is 97.3 cm³/mol. The molecule has 0 bridgehead atoms. The quantitative estimate of drug-likeness (QED) is 0.417. The van der Waals surface area contributed by atoms with Crippen LogP contribution >= 0.6 is 7.82 Å². The molecule has 0 radical (unpaired) electrons. The van der Waals surface area contributed by atoms with Crippen molar-refractivity contribution in [2.45, 2.75) is 32.6 Å². The topological polar surface area (TPSA) is 134 Å². The average molecular weight is 351 g/mol. The first-order valence-corrected chi connectivity index (χ1v) is 9.09. The van der Waals surface area contributed by atoms with Crippen molar-refractivity contribution in [3.63, 3.8) is 0 Å². The van der Waals surface area contributed by atoms with Crippen molar-refractivity contribution in [2.75, 3.05) is 27.7 Å². The van der Waals surface area contributed by atoms with Crippen LogP contribution in [-0.4, -0.2) is 32.6 Å². The monoisotopic (exact) mass is 351 g/mol. The van der Waals surface area contributed by atoms with Gasteiger partial charge in [0.2, 0.25) is 0 Å². The number of phosphoric ester groups is 1. The lowest BCUT2D eigenvalue weighted by molar-refractivity contribution is 0.199. The Morgan fingerprint density at radius 1 is 0.957 bits per heavy atom. The van der Waals surface area contributed by atoms with Gasteiger partial charge in [-0.2, -0.15) is 0 Å². The minimum Gasteiger partial charge on any atom is -0.404 e. The van der Waals surface area contributed by atoms with Crippen LogP contribution in [0.5, 0.6) is 5.75 Å². The molecule has 1 aromatic carbocycles. The van der Waals surface area contributed by atoms with Crippen molar-refractivity contribution >= 4 is 7.82 Å². The molecule has 0 saturated carbocycles. The Morgan fingerprint density at radius 2 is 1.48 bits per heavy atom. The first-order chi connectivity index (χ1) is 11.1. The highest BCUT2D eigenvalue weighted by Crippen LogP contribution is 2.43. The second-order valence-electron chi connectivity index (χ2n) is 3.77. The van der Waals surface area contributed by atoms with Crippen LogP contribution in [0.25, 0.3) is 0 Å². The van der Waals surface area contributed by atoms with Crippen LogP contribution in [0.1, 0.15) is 32.6 Å². The van der Waals surface area contributed by atoms with Gasteiger partial charge in [-0.1, -0.05) is 44.4 Å². The van der Waals surface area contributed by atoms with E-state index in [0.29, 0.717) is 5.75 Å². The summed E-state index contributed by atoms with van der Waals surface area (Å²) in [6, 6.07) is 8.50. The fourth-order valence-electron chi connectivity index (χ4n) is 1.35. The first kappa shape index (κ1) is 26.9. The molecule has 23 heavy (non-hydrogen) atoms. The van der Waals surface area contributed by atoms with Crippen molar-refractivity contribution in [2.24, 2.45) is 17.2 Å². The lowest BCUT2D eigenvalue weighted by Crippen LogP contribution is -1.99. The molecule has 0 fully saturated rings. The van der Waals surface area contributed by atoms with Crippen LogP contribution in [0.4, 0.5) is 0 Å². The minimum atomic E-state index is -3.96. The zero-order valence-electron chi connectivity index (χ0n) is 14.8. The van der Waals surface area contributed by atoms with Crippen molar-refractivity contribution in [1.29, 1.82) is 0 Å². The first-order valence-electron chi connectivity index (χ1n) is 7.59. The number of nitrogens with two attached hydrogens (primary N) is 3. The van der Waals surface area contributed by atoms with Crippen LogP contribution in [0.3, 0.4) is 0 Å². The molecule has 7 nitrogen and oxygen atoms in total. The summed E-state index contributed by atoms with van der Waals surface area (Å²) in [4.78, 5) is 9.44. The maximum Gasteiger partial charge on any atom is 0.527 e. The fraction of sp³-hybridized carbons (Fsp3) is 0.600. The third-order valence-corrected chi connectivity index (χ3v) is 3.17. The van der Waals surface area contributed by atoms with Gasteiger partial charge < -0.3 is 21.7 Å². The Bertz CT molecular complexity index is 367. The van der Waals surface area contributed by atoms with Gasteiger partial charge in [-0.05, 0) is 39.7 Å². The third-order valence-electron chi connectivity index (χ3n) is 2.22. The Balaban J connectivity index is -0.000000595. The highest BCUT2D eigenvalue weighted by atomic mass is 31.2. The summed E-state index contributed by atoms with van der Waals surface area (Å²) in [6.45, 7) is 2.36. The largest absolute Gasteiger partial charge is 0.527 e. The smallest absolute Gasteiger partial charge is 0.404 e. The summed E-state index contributed by atoms with van der Waals surface area (Å²) in [5, 5.41) is 0. The minimum absolute atomic E-state index is 0.251. The van der Waals surface area contributed by atoms with Gasteiger partial charge in [0.15, 0.2) is 0 Å². The van der Waals surface area contributed by atoms with Crippen LogP contribution < -0.4 is 21.7 Å². The van der Waals surface area contributed by atoms with Crippen molar-refractivity contribution in [3.8, 4) is 5.75 Å². The van der Waals surface area contributed by atoms with Crippen LogP contribution in [0, 0.1) is 0 Å². The van der Waals surface area contributed by atoms with Gasteiger partial charge in [-0.3, -0.25) is 9.42 Å². The second kappa shape index (κ2) is 21.0. The predicted octanol–water partition coefficient (Wildman–Crippen LogP) is 2.49. The summed E-state index contributed by atoms with van der Waals surface area (Å²) in [5.74, 6) is 0.340. The number of benzene rings is 1. The molecule has 0 aromatic heterocycles. The average Bonchev–Trinajstić information content (AvgIpc) is 2.60. The van der Waals surface area contributed by atoms with E-state index in [4.69, 9.17) is 9.05 Å². The van der Waals surface area contributed by atoms with Crippen molar-refractivity contribution in [3.05, 3.63) is 30.3 Å². The molecule has 0 amide bonds. The molecule has 0 saturated heterocycles. The highest BCUT2D eigenvalue weighted by molar-refractivity contribution is 7.47. The molecule has 138 valence electrons. The van der Waals surface area contributed by atoms with Gasteiger partial charge in [0.1, 0.15) is 5.75 Å². The molecule has 7 N–H and O–H groups in total. The molecule has 1 rings (SSSR count). The Labute approximate surface area is 140 Å². The second-order valence-corrected chi connectivity index (χ2v) is 5.14. The number of hydrogen-bond acceptors (Lipinski definition) is 6. The lowest BCUT2D eigenvalue weighted by Gasteiger charge is -2.12. The molecular formula is C15H34N3O4P. The van der Waals surface area contributed by atoms with Gasteiger partial charge in [-0.25, -0.2) is 4.57 Å². The molecule has 1 atom stereocenters. The maximum absolute atomic E-state index is 11.5. The van der Waals surface area contributed by atoms with Crippen molar-refractivity contribution < 1.29 is 18.5 Å². The Kier molecular flexibility index (Phi) is 24.6. The number of unbranched alkanes of at least 4 members (excludes halogenated alkanes) is 3. The molecule has 8 heteroatoms. The SMILES string of the molecule is CCCCCCOP(=O)(O)Oc1ccccc1.CN.CN.CN. The van der Waals surface area contributed by atoms with E-state index in [1.807, 2.05) is 0 Å². The number of phosphoric acid groups is 1. The summed E-state index contributed by atoms with van der Waals surface area (Å²) >= 11 is 0. The number of hydrogen-bond donors (Lipinski definition) is 4. The van der Waals surface area contributed by atoms with Crippen LogP contribution in [-0.2, 0) is 9.09 Å². The zero-order chi connectivity index (χ0) is 18.6. The van der Waals surface area contributed by atoms with Gasteiger partial charge in [-0.15, -0.1) is 0 Å². The standard InChI is InChI=1S/C12H19O4P.3CH5N/c1-2-3-4-8-11-15-17(13,14)16-12-9-6-5-7-10-12;3*1-2/h5-7,9-10H,2-4,8,11H2,1H3,(H,13,14);3*2H2,1H3. The van der Waals surface area contributed by atoms with E-state index in [2.05, 4.69) is 24.1 Å². The van der Waals surface area contributed by atoms with E-state index in [-0.39, 0.29) is 6.61 Å². The van der Waals surface area contributed by atoms with E-state index in [1.54, 1.807) is 30.3 Å². The normalized spacial score (nSPS) is 11.3. The molecule has 0 aliphatic rings. The fourth-order valence-corrected chi connectivity index (χ4v) is 2.15. The van der Waals surface area contributed by atoms with Gasteiger partial charge in [0.25, 0.3) is 0 Å². The zero-order valence-corrected chi connectivity index (χ0v) is 15.7. The van der Waals surface area contributed by atoms with Gasteiger partial charge >= 0.3 is 7.82 Å². The molecular weight excluding hydrogens is 317 g/mol. The summed E-state index contributed by atoms with van der Waals surface area (Å²) in [6.07, 6.45) is 4.01. The van der Waals surface area contributed by atoms with E-state index in [9.17, 15) is 9.46 Å². The molecule has 0 spiro atoms. The van der Waals surface area contributed by atoms with Gasteiger partial charge in [0, 0.05) is 0 Å². The third kappa shape index (κ3) is 19.0. The van der Waals surface area contributed by atoms with Crippen LogP contribution in [0.2, 0.25) is 0 Å². The highest BCUT2D eigenvalue weighted by Gasteiger charge is 2.22. The van der Waals surface area contributed by atoms with E-state index in [1.165, 1.54) is 21.1 Å². The van der Waals surface area contributed by atoms with Crippen molar-refractivity contribution in [1.82, 2.24) is 0 Å². The number of rotatable bonds is 8. The number of para-hydroxylation sites is 1. The van der Waals surface area contributed by atoms with Crippen LogP contribution in [0.15, 0.2) is 30.3 Å². The molecule has 0 aliphatic heterocycles. The van der Waals surface area contributed by atoms with E-state index >= 15 is 0 Å².